The summed E-state index contributed by atoms with van der Waals surface area (Å²) in [6.45, 7) is 4.00. The van der Waals surface area contributed by atoms with Gasteiger partial charge in [-0.1, -0.05) is 26.0 Å². The molecule has 0 saturated heterocycles. The quantitative estimate of drug-likeness (QED) is 0.776. The molecule has 1 unspecified atom stereocenters. The lowest BCUT2D eigenvalue weighted by atomic mass is 10.1. The molecule has 124 valence electrons. The van der Waals surface area contributed by atoms with Gasteiger partial charge in [-0.2, -0.15) is 0 Å². The Bertz CT molecular complexity index is 730. The van der Waals surface area contributed by atoms with Gasteiger partial charge in [0.05, 0.1) is 0 Å². The predicted molar refractivity (Wildman–Crippen MR) is 93.8 cm³/mol. The van der Waals surface area contributed by atoms with E-state index in [1.165, 1.54) is 6.07 Å². The van der Waals surface area contributed by atoms with E-state index in [0.717, 1.165) is 11.3 Å². The number of hydrogen-bond donors (Lipinski definition) is 3. The number of halogens is 1. The molecule has 0 bridgehead atoms. The van der Waals surface area contributed by atoms with Crippen molar-refractivity contribution < 1.29 is 4.79 Å². The highest BCUT2D eigenvalue weighted by Crippen LogP contribution is 2.19. The Kier molecular flexibility index (Phi) is 6.93. The Morgan fingerprint density at radius 2 is 2.13 bits per heavy atom. The van der Waals surface area contributed by atoms with Crippen LogP contribution in [0.15, 0.2) is 35.1 Å². The Labute approximate surface area is 140 Å². The van der Waals surface area contributed by atoms with E-state index >= 15 is 0 Å². The fraction of sp³-hybridized carbons (Fsp3) is 0.312. The summed E-state index contributed by atoms with van der Waals surface area (Å²) in [5.41, 5.74) is 7.41. The molecule has 1 aromatic carbocycles. The van der Waals surface area contributed by atoms with Crippen LogP contribution in [0.3, 0.4) is 0 Å². The number of rotatable bonds is 5. The number of carbonyl (C=O) groups excluding carboxylic acids is 1. The van der Waals surface area contributed by atoms with Gasteiger partial charge < -0.3 is 16.0 Å². The van der Waals surface area contributed by atoms with Crippen molar-refractivity contribution in [1.29, 1.82) is 0 Å². The molecule has 1 amide bonds. The molecule has 1 aromatic heterocycles. The van der Waals surface area contributed by atoms with Crippen molar-refractivity contribution >= 4 is 24.0 Å². The summed E-state index contributed by atoms with van der Waals surface area (Å²) in [7, 11) is 0. The summed E-state index contributed by atoms with van der Waals surface area (Å²) in [4.78, 5) is 30.7. The molecule has 0 radical (unpaired) electrons. The van der Waals surface area contributed by atoms with Crippen LogP contribution in [-0.2, 0) is 11.2 Å². The average Bonchev–Trinajstić information content (AvgIpc) is 2.53. The van der Waals surface area contributed by atoms with Gasteiger partial charge >= 0.3 is 0 Å². The SMILES string of the molecule is CCc1cc(=O)[nH]c(-c2cccc(NC(=O)C(C)CN)c2)n1.Cl. The van der Waals surface area contributed by atoms with Crippen LogP contribution in [0.4, 0.5) is 5.69 Å². The minimum atomic E-state index is -0.259. The van der Waals surface area contributed by atoms with Crippen molar-refractivity contribution in [2.75, 3.05) is 11.9 Å². The van der Waals surface area contributed by atoms with Crippen LogP contribution in [0.2, 0.25) is 0 Å². The third-order valence-corrected chi connectivity index (χ3v) is 3.36. The van der Waals surface area contributed by atoms with Crippen LogP contribution in [0.5, 0.6) is 0 Å². The monoisotopic (exact) mass is 336 g/mol. The van der Waals surface area contributed by atoms with E-state index in [2.05, 4.69) is 15.3 Å². The fourth-order valence-corrected chi connectivity index (χ4v) is 1.94. The maximum absolute atomic E-state index is 11.9. The molecule has 0 aliphatic rings. The van der Waals surface area contributed by atoms with E-state index in [-0.39, 0.29) is 29.8 Å². The molecule has 6 nitrogen and oxygen atoms in total. The number of nitrogens with two attached hydrogens (primary N) is 1. The van der Waals surface area contributed by atoms with Crippen molar-refractivity contribution in [3.63, 3.8) is 0 Å². The zero-order chi connectivity index (χ0) is 16.1. The standard InChI is InChI=1S/C16H20N4O2.ClH/c1-3-12-8-14(21)20-15(18-12)11-5-4-6-13(7-11)19-16(22)10(2)9-17;/h4-8,10H,3,9,17H2,1-2H3,(H,19,22)(H,18,20,21);1H. The molecule has 2 rings (SSSR count). The number of aromatic amines is 1. The number of benzene rings is 1. The number of amides is 1. The smallest absolute Gasteiger partial charge is 0.251 e. The number of aromatic nitrogens is 2. The highest BCUT2D eigenvalue weighted by Gasteiger charge is 2.11. The summed E-state index contributed by atoms with van der Waals surface area (Å²) < 4.78 is 0. The maximum atomic E-state index is 11.9. The lowest BCUT2D eigenvalue weighted by Gasteiger charge is -2.11. The molecule has 7 heteroatoms. The van der Waals surface area contributed by atoms with E-state index in [4.69, 9.17) is 5.73 Å². The summed E-state index contributed by atoms with van der Waals surface area (Å²) in [6.07, 6.45) is 0.682. The summed E-state index contributed by atoms with van der Waals surface area (Å²) in [5.74, 6) is 0.0979. The van der Waals surface area contributed by atoms with Crippen molar-refractivity contribution in [3.8, 4) is 11.4 Å². The molecular weight excluding hydrogens is 316 g/mol. The summed E-state index contributed by atoms with van der Waals surface area (Å²) >= 11 is 0. The molecule has 0 spiro atoms. The molecule has 4 N–H and O–H groups in total. The first kappa shape index (κ1) is 18.9. The van der Waals surface area contributed by atoms with E-state index in [1.807, 2.05) is 13.0 Å². The lowest BCUT2D eigenvalue weighted by Crippen LogP contribution is -2.26. The van der Waals surface area contributed by atoms with Crippen LogP contribution in [0.1, 0.15) is 19.5 Å². The van der Waals surface area contributed by atoms with E-state index in [1.54, 1.807) is 25.1 Å². The zero-order valence-corrected chi connectivity index (χ0v) is 13.9. The predicted octanol–water partition coefficient (Wildman–Crippen LogP) is 1.95. The molecule has 1 heterocycles. The molecule has 23 heavy (non-hydrogen) atoms. The second-order valence-electron chi connectivity index (χ2n) is 5.15. The molecule has 0 aliphatic heterocycles. The summed E-state index contributed by atoms with van der Waals surface area (Å²) in [6, 6.07) is 8.68. The summed E-state index contributed by atoms with van der Waals surface area (Å²) in [5, 5.41) is 2.81. The number of aryl methyl sites for hydroxylation is 1. The Morgan fingerprint density at radius 1 is 1.39 bits per heavy atom. The van der Waals surface area contributed by atoms with Gasteiger partial charge in [-0.25, -0.2) is 4.98 Å². The Morgan fingerprint density at radius 3 is 2.78 bits per heavy atom. The van der Waals surface area contributed by atoms with Crippen LogP contribution >= 0.6 is 12.4 Å². The van der Waals surface area contributed by atoms with E-state index in [9.17, 15) is 9.59 Å². The third-order valence-electron chi connectivity index (χ3n) is 3.36. The van der Waals surface area contributed by atoms with Gasteiger partial charge in [-0.15, -0.1) is 12.4 Å². The first-order valence-electron chi connectivity index (χ1n) is 7.25. The minimum absolute atomic E-state index is 0. The number of anilines is 1. The minimum Gasteiger partial charge on any atom is -0.330 e. The van der Waals surface area contributed by atoms with Gasteiger partial charge in [0.2, 0.25) is 5.91 Å². The normalized spacial score (nSPS) is 11.4. The number of carbonyl (C=O) groups is 1. The topological polar surface area (TPSA) is 101 Å². The van der Waals surface area contributed by atoms with Crippen LogP contribution in [0.25, 0.3) is 11.4 Å². The number of nitrogens with one attached hydrogen (secondary N) is 2. The first-order chi connectivity index (χ1) is 10.5. The van der Waals surface area contributed by atoms with Crippen molar-refractivity contribution in [3.05, 3.63) is 46.4 Å². The second-order valence-corrected chi connectivity index (χ2v) is 5.15. The van der Waals surface area contributed by atoms with Crippen molar-refractivity contribution in [2.45, 2.75) is 20.3 Å². The largest absolute Gasteiger partial charge is 0.330 e. The van der Waals surface area contributed by atoms with Gasteiger partial charge in [-0.3, -0.25) is 9.59 Å². The van der Waals surface area contributed by atoms with Crippen LogP contribution < -0.4 is 16.6 Å². The highest BCUT2D eigenvalue weighted by atomic mass is 35.5. The zero-order valence-electron chi connectivity index (χ0n) is 13.1. The molecule has 0 saturated carbocycles. The second kappa shape index (κ2) is 8.45. The van der Waals surface area contributed by atoms with Crippen LogP contribution in [0, 0.1) is 5.92 Å². The van der Waals surface area contributed by atoms with E-state index in [0.29, 0.717) is 24.5 Å². The molecule has 1 atom stereocenters. The number of H-pyrrole nitrogens is 1. The number of nitrogens with zero attached hydrogens (tertiary/aromatic N) is 1. The van der Waals surface area contributed by atoms with E-state index < -0.39 is 0 Å². The average molecular weight is 337 g/mol. The van der Waals surface area contributed by atoms with Crippen molar-refractivity contribution in [1.82, 2.24) is 9.97 Å². The first-order valence-corrected chi connectivity index (χ1v) is 7.25. The van der Waals surface area contributed by atoms with Crippen molar-refractivity contribution in [2.24, 2.45) is 11.7 Å². The van der Waals surface area contributed by atoms with Gasteiger partial charge in [0.25, 0.3) is 5.56 Å². The fourth-order valence-electron chi connectivity index (χ4n) is 1.94. The molecular formula is C16H21ClN4O2. The maximum Gasteiger partial charge on any atom is 0.251 e. The van der Waals surface area contributed by atoms with Gasteiger partial charge in [0.15, 0.2) is 0 Å². The van der Waals surface area contributed by atoms with Gasteiger partial charge in [0.1, 0.15) is 5.82 Å². The molecule has 0 aliphatic carbocycles. The number of hydrogen-bond acceptors (Lipinski definition) is 4. The highest BCUT2D eigenvalue weighted by molar-refractivity contribution is 5.93. The Hall–Kier alpha value is -2.18. The molecule has 0 fully saturated rings. The van der Waals surface area contributed by atoms with Gasteiger partial charge in [0, 0.05) is 35.5 Å². The molecule has 2 aromatic rings. The Balaban J connectivity index is 0.00000264. The van der Waals surface area contributed by atoms with Crippen LogP contribution in [-0.4, -0.2) is 22.4 Å². The lowest BCUT2D eigenvalue weighted by molar-refractivity contribution is -0.119. The van der Waals surface area contributed by atoms with Gasteiger partial charge in [-0.05, 0) is 18.6 Å². The third kappa shape index (κ3) is 4.91.